The van der Waals surface area contributed by atoms with Crippen LogP contribution in [0.15, 0.2) is 24.3 Å². The van der Waals surface area contributed by atoms with Gasteiger partial charge in [0, 0.05) is 19.3 Å². The minimum atomic E-state index is 0.541. The van der Waals surface area contributed by atoms with Gasteiger partial charge in [0.25, 0.3) is 0 Å². The fraction of sp³-hybridized carbons (Fsp3) is 0.600. The molecule has 0 saturated carbocycles. The molecule has 0 heterocycles. The predicted molar refractivity (Wildman–Crippen MR) is 74.6 cm³/mol. The highest BCUT2D eigenvalue weighted by molar-refractivity contribution is 5.44. The van der Waals surface area contributed by atoms with Crippen LogP contribution in [0.1, 0.15) is 32.3 Å². The summed E-state index contributed by atoms with van der Waals surface area (Å²) in [5, 5.41) is 3.43. The van der Waals surface area contributed by atoms with Crippen molar-refractivity contribution in [3.8, 4) is 0 Å². The smallest absolute Gasteiger partial charge is 0.0504 e. The van der Waals surface area contributed by atoms with Gasteiger partial charge in [-0.3, -0.25) is 0 Å². The maximum atomic E-state index is 5.12. The molecular formula is C15H25NO. The van der Waals surface area contributed by atoms with Crippen LogP contribution in [0.3, 0.4) is 0 Å². The Kier molecular flexibility index (Phi) is 6.71. The minimum absolute atomic E-state index is 0.541. The number of hydrogen-bond donors (Lipinski definition) is 1. The fourth-order valence-electron chi connectivity index (χ4n) is 1.81. The van der Waals surface area contributed by atoms with Crippen molar-refractivity contribution in [2.24, 2.45) is 5.92 Å². The largest absolute Gasteiger partial charge is 0.385 e. The van der Waals surface area contributed by atoms with E-state index in [1.807, 2.05) is 0 Å². The van der Waals surface area contributed by atoms with Crippen molar-refractivity contribution in [1.82, 2.24) is 0 Å². The van der Waals surface area contributed by atoms with E-state index in [4.69, 9.17) is 4.74 Å². The average Bonchev–Trinajstić information content (AvgIpc) is 2.35. The molecule has 0 amide bonds. The van der Waals surface area contributed by atoms with E-state index in [-0.39, 0.29) is 0 Å². The van der Waals surface area contributed by atoms with Crippen LogP contribution in [0.2, 0.25) is 0 Å². The second-order valence-corrected chi connectivity index (χ2v) is 4.74. The Hall–Kier alpha value is -1.02. The Balaban J connectivity index is 2.34. The Morgan fingerprint density at radius 2 is 1.94 bits per heavy atom. The van der Waals surface area contributed by atoms with Gasteiger partial charge in [-0.05, 0) is 36.5 Å². The number of methoxy groups -OCH3 is 1. The molecule has 0 bridgehead atoms. The van der Waals surface area contributed by atoms with E-state index in [1.54, 1.807) is 7.11 Å². The molecule has 0 fully saturated rings. The van der Waals surface area contributed by atoms with Crippen LogP contribution in [0.5, 0.6) is 0 Å². The molecule has 0 saturated heterocycles. The predicted octanol–water partition coefficient (Wildman–Crippen LogP) is 3.72. The number of anilines is 1. The number of aryl methyl sites for hydroxylation is 1. The molecule has 0 aliphatic heterocycles. The summed E-state index contributed by atoms with van der Waals surface area (Å²) in [6.07, 6.45) is 3.73. The van der Waals surface area contributed by atoms with Gasteiger partial charge >= 0.3 is 0 Å². The first kappa shape index (κ1) is 14.0. The summed E-state index contributed by atoms with van der Waals surface area (Å²) in [4.78, 5) is 0. The third kappa shape index (κ3) is 5.73. The third-order valence-corrected chi connectivity index (χ3v) is 2.88. The normalized spacial score (nSPS) is 12.4. The van der Waals surface area contributed by atoms with E-state index in [0.717, 1.165) is 13.2 Å². The topological polar surface area (TPSA) is 21.3 Å². The monoisotopic (exact) mass is 235 g/mol. The zero-order chi connectivity index (χ0) is 12.5. The number of hydrogen-bond acceptors (Lipinski definition) is 2. The molecule has 1 atom stereocenters. The molecule has 96 valence electrons. The van der Waals surface area contributed by atoms with E-state index < -0.39 is 0 Å². The van der Waals surface area contributed by atoms with E-state index in [2.05, 4.69) is 43.4 Å². The summed E-state index contributed by atoms with van der Waals surface area (Å²) in [5.41, 5.74) is 2.63. The van der Waals surface area contributed by atoms with Crippen molar-refractivity contribution >= 4 is 5.69 Å². The van der Waals surface area contributed by atoms with E-state index >= 15 is 0 Å². The lowest BCUT2D eigenvalue weighted by Crippen LogP contribution is -2.15. The van der Waals surface area contributed by atoms with Gasteiger partial charge in [0.05, 0.1) is 6.61 Å². The van der Waals surface area contributed by atoms with Crippen LogP contribution in [0, 0.1) is 5.92 Å². The highest BCUT2D eigenvalue weighted by Crippen LogP contribution is 2.12. The molecule has 2 nitrogen and oxygen atoms in total. The first-order chi connectivity index (χ1) is 8.26. The van der Waals surface area contributed by atoms with Gasteiger partial charge in [0.2, 0.25) is 0 Å². The molecule has 1 N–H and O–H groups in total. The maximum absolute atomic E-state index is 5.12. The van der Waals surface area contributed by atoms with Crippen molar-refractivity contribution in [2.75, 3.05) is 25.6 Å². The number of benzene rings is 1. The summed E-state index contributed by atoms with van der Waals surface area (Å²) < 4.78 is 5.12. The van der Waals surface area contributed by atoms with Gasteiger partial charge in [0.15, 0.2) is 0 Å². The molecule has 1 aromatic carbocycles. The number of ether oxygens (including phenoxy) is 1. The molecule has 2 heteroatoms. The molecule has 0 aromatic heterocycles. The first-order valence-electron chi connectivity index (χ1n) is 6.58. The summed E-state index contributed by atoms with van der Waals surface area (Å²) in [7, 11) is 1.75. The summed E-state index contributed by atoms with van der Waals surface area (Å²) in [6, 6.07) is 8.78. The average molecular weight is 235 g/mol. The molecule has 0 radical (unpaired) electrons. The Labute approximate surface area is 105 Å². The maximum Gasteiger partial charge on any atom is 0.0504 e. The van der Waals surface area contributed by atoms with Crippen molar-refractivity contribution in [3.05, 3.63) is 29.8 Å². The molecule has 0 spiro atoms. The SMILES string of the molecule is CCCCc1ccc(NCC(C)COC)cc1. The number of nitrogens with one attached hydrogen (secondary N) is 1. The third-order valence-electron chi connectivity index (χ3n) is 2.88. The van der Waals surface area contributed by atoms with Crippen LogP contribution >= 0.6 is 0 Å². The highest BCUT2D eigenvalue weighted by Gasteiger charge is 2.00. The van der Waals surface area contributed by atoms with Crippen LogP contribution in [-0.2, 0) is 11.2 Å². The fourth-order valence-corrected chi connectivity index (χ4v) is 1.81. The standard InChI is InChI=1S/C15H25NO/c1-4-5-6-14-7-9-15(10-8-14)16-11-13(2)12-17-3/h7-10,13,16H,4-6,11-12H2,1-3H3. The molecule has 1 aromatic rings. The zero-order valence-corrected chi connectivity index (χ0v) is 11.3. The minimum Gasteiger partial charge on any atom is -0.385 e. The van der Waals surface area contributed by atoms with Gasteiger partial charge in [-0.1, -0.05) is 32.4 Å². The lowest BCUT2D eigenvalue weighted by atomic mass is 10.1. The molecule has 1 rings (SSSR count). The van der Waals surface area contributed by atoms with Crippen molar-refractivity contribution < 1.29 is 4.74 Å². The summed E-state index contributed by atoms with van der Waals surface area (Å²) >= 11 is 0. The second kappa shape index (κ2) is 8.13. The van der Waals surface area contributed by atoms with E-state index in [9.17, 15) is 0 Å². The molecule has 0 aliphatic carbocycles. The van der Waals surface area contributed by atoms with Gasteiger partial charge < -0.3 is 10.1 Å². The molecule has 17 heavy (non-hydrogen) atoms. The molecule has 1 unspecified atom stereocenters. The quantitative estimate of drug-likeness (QED) is 0.741. The van der Waals surface area contributed by atoms with Gasteiger partial charge in [0.1, 0.15) is 0 Å². The van der Waals surface area contributed by atoms with E-state index in [0.29, 0.717) is 5.92 Å². The van der Waals surface area contributed by atoms with Crippen LogP contribution in [0.4, 0.5) is 5.69 Å². The summed E-state index contributed by atoms with van der Waals surface area (Å²) in [6.45, 7) is 6.18. The lowest BCUT2D eigenvalue weighted by molar-refractivity contribution is 0.164. The van der Waals surface area contributed by atoms with E-state index in [1.165, 1.54) is 30.5 Å². The molecule has 0 aliphatic rings. The molecular weight excluding hydrogens is 210 g/mol. The Morgan fingerprint density at radius 1 is 1.24 bits per heavy atom. The van der Waals surface area contributed by atoms with Gasteiger partial charge in [-0.2, -0.15) is 0 Å². The van der Waals surface area contributed by atoms with Crippen molar-refractivity contribution in [3.63, 3.8) is 0 Å². The Bertz CT molecular complexity index is 294. The Morgan fingerprint density at radius 3 is 2.53 bits per heavy atom. The highest BCUT2D eigenvalue weighted by atomic mass is 16.5. The van der Waals surface area contributed by atoms with Crippen LogP contribution in [-0.4, -0.2) is 20.3 Å². The zero-order valence-electron chi connectivity index (χ0n) is 11.3. The first-order valence-corrected chi connectivity index (χ1v) is 6.58. The van der Waals surface area contributed by atoms with Crippen LogP contribution in [0.25, 0.3) is 0 Å². The van der Waals surface area contributed by atoms with Gasteiger partial charge in [-0.15, -0.1) is 0 Å². The number of rotatable bonds is 8. The van der Waals surface area contributed by atoms with Crippen LogP contribution < -0.4 is 5.32 Å². The van der Waals surface area contributed by atoms with Gasteiger partial charge in [-0.25, -0.2) is 0 Å². The van der Waals surface area contributed by atoms with Crippen molar-refractivity contribution in [1.29, 1.82) is 0 Å². The summed E-state index contributed by atoms with van der Waals surface area (Å²) in [5.74, 6) is 0.541. The number of unbranched alkanes of at least 4 members (excludes halogenated alkanes) is 1. The van der Waals surface area contributed by atoms with Crippen molar-refractivity contribution in [2.45, 2.75) is 33.1 Å². The lowest BCUT2D eigenvalue weighted by Gasteiger charge is -2.12. The second-order valence-electron chi connectivity index (χ2n) is 4.74.